The van der Waals surface area contributed by atoms with Gasteiger partial charge >= 0.3 is 0 Å². The van der Waals surface area contributed by atoms with Gasteiger partial charge in [-0.3, -0.25) is 0 Å². The fourth-order valence-electron chi connectivity index (χ4n) is 2.62. The van der Waals surface area contributed by atoms with Gasteiger partial charge in [-0.15, -0.1) is 11.3 Å². The van der Waals surface area contributed by atoms with Gasteiger partial charge in [0.15, 0.2) is 5.13 Å². The number of aryl methyl sites for hydroxylation is 1. The lowest BCUT2D eigenvalue weighted by molar-refractivity contribution is 0.681. The van der Waals surface area contributed by atoms with Gasteiger partial charge in [0.25, 0.3) is 0 Å². The number of benzene rings is 1. The molecule has 3 rings (SSSR count). The van der Waals surface area contributed by atoms with Crippen LogP contribution in [0.3, 0.4) is 0 Å². The first kappa shape index (κ1) is 13.6. The number of para-hydroxylation sites is 1. The highest BCUT2D eigenvalue weighted by Gasteiger charge is 2.19. The van der Waals surface area contributed by atoms with E-state index < -0.39 is 0 Å². The maximum Gasteiger partial charge on any atom is 0.190 e. The second-order valence-electron chi connectivity index (χ2n) is 5.17. The smallest absolute Gasteiger partial charge is 0.190 e. The second kappa shape index (κ2) is 6.37. The average Bonchev–Trinajstić information content (AvgIpc) is 2.96. The molecule has 0 bridgehead atoms. The van der Waals surface area contributed by atoms with E-state index in [2.05, 4.69) is 46.4 Å². The fourth-order valence-corrected chi connectivity index (χ4v) is 3.54. The van der Waals surface area contributed by atoms with Crippen molar-refractivity contribution in [2.24, 2.45) is 0 Å². The molecular weight excluding hydrogens is 266 g/mol. The molecule has 106 valence electrons. The largest absolute Gasteiger partial charge is 0.318 e. The van der Waals surface area contributed by atoms with Gasteiger partial charge in [0, 0.05) is 29.9 Å². The van der Waals surface area contributed by atoms with Crippen LogP contribution >= 0.6 is 11.3 Å². The molecule has 0 saturated carbocycles. The van der Waals surface area contributed by atoms with Gasteiger partial charge < -0.3 is 10.2 Å². The molecule has 0 fully saturated rings. The molecule has 0 atom stereocenters. The number of hydrogen-bond donors (Lipinski definition) is 1. The standard InChI is InChI=1S/C16H21N3S/c1-2-9-17-11-14-12-18-16(20-14)19-10-5-7-13-6-3-4-8-15(13)19/h3-4,6,8,12,17H,2,5,7,9-11H2,1H3. The zero-order valence-corrected chi connectivity index (χ0v) is 12.7. The van der Waals surface area contributed by atoms with Gasteiger partial charge in [-0.05, 0) is 37.4 Å². The van der Waals surface area contributed by atoms with E-state index in [1.54, 1.807) is 11.3 Å². The highest BCUT2D eigenvalue weighted by Crippen LogP contribution is 2.35. The number of fused-ring (bicyclic) bond motifs is 1. The summed E-state index contributed by atoms with van der Waals surface area (Å²) in [7, 11) is 0. The number of rotatable bonds is 5. The average molecular weight is 287 g/mol. The molecule has 1 N–H and O–H groups in total. The molecule has 1 aliphatic rings. The Morgan fingerprint density at radius 1 is 1.35 bits per heavy atom. The molecule has 0 spiro atoms. The maximum atomic E-state index is 4.62. The van der Waals surface area contributed by atoms with Crippen LogP contribution in [0.25, 0.3) is 0 Å². The van der Waals surface area contributed by atoms with Crippen molar-refractivity contribution in [2.45, 2.75) is 32.7 Å². The van der Waals surface area contributed by atoms with Crippen molar-refractivity contribution in [3.05, 3.63) is 40.9 Å². The molecule has 0 amide bonds. The van der Waals surface area contributed by atoms with E-state index >= 15 is 0 Å². The van der Waals surface area contributed by atoms with E-state index in [0.29, 0.717) is 0 Å². The number of aromatic nitrogens is 1. The first-order chi connectivity index (χ1) is 9.88. The Morgan fingerprint density at radius 3 is 3.15 bits per heavy atom. The first-order valence-electron chi connectivity index (χ1n) is 7.39. The van der Waals surface area contributed by atoms with Crippen molar-refractivity contribution in [1.29, 1.82) is 0 Å². The van der Waals surface area contributed by atoms with Crippen LogP contribution in [0.1, 0.15) is 30.2 Å². The molecule has 0 saturated heterocycles. The van der Waals surface area contributed by atoms with Crippen molar-refractivity contribution >= 4 is 22.2 Å². The predicted octanol–water partition coefficient (Wildman–Crippen LogP) is 3.73. The Hall–Kier alpha value is -1.39. The van der Waals surface area contributed by atoms with Gasteiger partial charge in [-0.2, -0.15) is 0 Å². The molecule has 1 aliphatic heterocycles. The lowest BCUT2D eigenvalue weighted by Crippen LogP contribution is -2.24. The van der Waals surface area contributed by atoms with Crippen LogP contribution < -0.4 is 10.2 Å². The Kier molecular flexibility index (Phi) is 4.33. The Bertz CT molecular complexity index is 564. The van der Waals surface area contributed by atoms with E-state index in [1.165, 1.54) is 35.4 Å². The Morgan fingerprint density at radius 2 is 2.25 bits per heavy atom. The predicted molar refractivity (Wildman–Crippen MR) is 85.9 cm³/mol. The maximum absolute atomic E-state index is 4.62. The summed E-state index contributed by atoms with van der Waals surface area (Å²) in [5.74, 6) is 0. The van der Waals surface area contributed by atoms with Crippen molar-refractivity contribution < 1.29 is 0 Å². The lowest BCUT2D eigenvalue weighted by atomic mass is 10.0. The van der Waals surface area contributed by atoms with Crippen LogP contribution in [-0.2, 0) is 13.0 Å². The quantitative estimate of drug-likeness (QED) is 0.849. The van der Waals surface area contributed by atoms with Crippen LogP contribution in [0.15, 0.2) is 30.5 Å². The minimum absolute atomic E-state index is 0.932. The van der Waals surface area contributed by atoms with Crippen LogP contribution in [0, 0.1) is 0 Å². The summed E-state index contributed by atoms with van der Waals surface area (Å²) in [5, 5.41) is 4.57. The molecule has 3 nitrogen and oxygen atoms in total. The van der Waals surface area contributed by atoms with Crippen molar-refractivity contribution in [2.75, 3.05) is 18.0 Å². The van der Waals surface area contributed by atoms with Crippen molar-refractivity contribution in [1.82, 2.24) is 10.3 Å². The summed E-state index contributed by atoms with van der Waals surface area (Å²) in [5.41, 5.74) is 2.78. The number of hydrogen-bond acceptors (Lipinski definition) is 4. The molecule has 0 aliphatic carbocycles. The monoisotopic (exact) mass is 287 g/mol. The summed E-state index contributed by atoms with van der Waals surface area (Å²) in [4.78, 5) is 8.31. The molecule has 1 aromatic carbocycles. The SMILES string of the molecule is CCCNCc1cnc(N2CCCc3ccccc32)s1. The third kappa shape index (κ3) is 2.86. The third-order valence-corrected chi connectivity index (χ3v) is 4.63. The minimum atomic E-state index is 0.932. The first-order valence-corrected chi connectivity index (χ1v) is 8.21. The molecule has 1 aromatic heterocycles. The number of thiazole rings is 1. The van der Waals surface area contributed by atoms with Crippen LogP contribution in [0.4, 0.5) is 10.8 Å². The molecule has 0 unspecified atom stereocenters. The van der Waals surface area contributed by atoms with Gasteiger partial charge in [0.2, 0.25) is 0 Å². The van der Waals surface area contributed by atoms with E-state index in [1.807, 2.05) is 6.20 Å². The Labute approximate surface area is 124 Å². The zero-order chi connectivity index (χ0) is 13.8. The van der Waals surface area contributed by atoms with Crippen molar-refractivity contribution in [3.63, 3.8) is 0 Å². The number of anilines is 2. The lowest BCUT2D eigenvalue weighted by Gasteiger charge is -2.28. The van der Waals surface area contributed by atoms with Crippen LogP contribution in [-0.4, -0.2) is 18.1 Å². The molecule has 2 aromatic rings. The van der Waals surface area contributed by atoms with Gasteiger partial charge in [0.05, 0.1) is 0 Å². The molecular formula is C16H21N3S. The van der Waals surface area contributed by atoms with Gasteiger partial charge in [0.1, 0.15) is 0 Å². The van der Waals surface area contributed by atoms with E-state index in [0.717, 1.165) is 24.8 Å². The fraction of sp³-hybridized carbons (Fsp3) is 0.438. The molecule has 20 heavy (non-hydrogen) atoms. The van der Waals surface area contributed by atoms with Crippen LogP contribution in [0.2, 0.25) is 0 Å². The highest BCUT2D eigenvalue weighted by molar-refractivity contribution is 7.15. The molecule has 0 radical (unpaired) electrons. The normalized spacial score (nSPS) is 14.3. The summed E-state index contributed by atoms with van der Waals surface area (Å²) < 4.78 is 0. The summed E-state index contributed by atoms with van der Waals surface area (Å²) in [6.07, 6.45) is 5.58. The van der Waals surface area contributed by atoms with Crippen LogP contribution in [0.5, 0.6) is 0 Å². The number of nitrogens with zero attached hydrogens (tertiary/aromatic N) is 2. The van der Waals surface area contributed by atoms with Gasteiger partial charge in [-0.25, -0.2) is 4.98 Å². The molecule has 4 heteroatoms. The second-order valence-corrected chi connectivity index (χ2v) is 6.26. The highest BCUT2D eigenvalue weighted by atomic mass is 32.1. The summed E-state index contributed by atoms with van der Waals surface area (Å²) in [6, 6.07) is 8.70. The third-order valence-electron chi connectivity index (χ3n) is 3.61. The number of nitrogens with one attached hydrogen (secondary N) is 1. The minimum Gasteiger partial charge on any atom is -0.318 e. The summed E-state index contributed by atoms with van der Waals surface area (Å²) >= 11 is 1.81. The topological polar surface area (TPSA) is 28.2 Å². The van der Waals surface area contributed by atoms with E-state index in [-0.39, 0.29) is 0 Å². The van der Waals surface area contributed by atoms with Crippen molar-refractivity contribution in [3.8, 4) is 0 Å². The van der Waals surface area contributed by atoms with Gasteiger partial charge in [-0.1, -0.05) is 25.1 Å². The van der Waals surface area contributed by atoms with E-state index in [4.69, 9.17) is 0 Å². The molecule has 2 heterocycles. The summed E-state index contributed by atoms with van der Waals surface area (Å²) in [6.45, 7) is 5.27. The zero-order valence-electron chi connectivity index (χ0n) is 11.9. The van der Waals surface area contributed by atoms with E-state index in [9.17, 15) is 0 Å². The Balaban J connectivity index is 1.77.